The molecule has 134 valence electrons. The van der Waals surface area contributed by atoms with E-state index in [9.17, 15) is 4.79 Å². The summed E-state index contributed by atoms with van der Waals surface area (Å²) < 4.78 is 7.20. The number of hydrogen-bond acceptors (Lipinski definition) is 6. The molecule has 3 aromatic rings. The van der Waals surface area contributed by atoms with E-state index in [-0.39, 0.29) is 11.9 Å². The monoisotopic (exact) mass is 369 g/mol. The van der Waals surface area contributed by atoms with E-state index in [1.54, 1.807) is 27.1 Å². The van der Waals surface area contributed by atoms with E-state index >= 15 is 0 Å². The second-order valence-electron chi connectivity index (χ2n) is 6.30. The van der Waals surface area contributed by atoms with Crippen LogP contribution in [0.15, 0.2) is 35.8 Å². The molecule has 26 heavy (non-hydrogen) atoms. The molecular formula is C18H19N5O2S. The zero-order chi connectivity index (χ0) is 18.1. The molecule has 1 aliphatic heterocycles. The number of ether oxygens (including phenoxy) is 1. The topological polar surface area (TPSA) is 73.1 Å². The summed E-state index contributed by atoms with van der Waals surface area (Å²) >= 11 is 1.55. The van der Waals surface area contributed by atoms with Crippen LogP contribution < -0.4 is 0 Å². The highest BCUT2D eigenvalue weighted by Crippen LogP contribution is 2.28. The first-order valence-electron chi connectivity index (χ1n) is 8.42. The quantitative estimate of drug-likeness (QED) is 0.709. The normalized spacial score (nSPS) is 17.5. The first-order valence-corrected chi connectivity index (χ1v) is 9.30. The van der Waals surface area contributed by atoms with E-state index in [1.807, 2.05) is 43.5 Å². The predicted molar refractivity (Wildman–Crippen MR) is 97.5 cm³/mol. The molecule has 1 unspecified atom stereocenters. The van der Waals surface area contributed by atoms with Crippen molar-refractivity contribution >= 4 is 17.2 Å². The van der Waals surface area contributed by atoms with Gasteiger partial charge in [-0.15, -0.1) is 16.4 Å². The molecule has 1 fully saturated rings. The lowest BCUT2D eigenvalue weighted by molar-refractivity contribution is -0.00309. The number of amides is 1. The van der Waals surface area contributed by atoms with Crippen LogP contribution in [0.4, 0.5) is 0 Å². The Hall–Kier alpha value is -2.58. The van der Waals surface area contributed by atoms with Gasteiger partial charge in [-0.25, -0.2) is 9.67 Å². The molecule has 2 aromatic heterocycles. The molecule has 1 amide bonds. The molecule has 0 bridgehead atoms. The fourth-order valence-electron chi connectivity index (χ4n) is 2.91. The molecule has 0 spiro atoms. The first kappa shape index (κ1) is 16.9. The lowest BCUT2D eigenvalue weighted by Gasteiger charge is -2.33. The summed E-state index contributed by atoms with van der Waals surface area (Å²) in [5.74, 6) is -0.149. The van der Waals surface area contributed by atoms with Crippen LogP contribution in [-0.2, 0) is 4.74 Å². The number of aryl methyl sites for hydroxylation is 2. The van der Waals surface area contributed by atoms with Crippen molar-refractivity contribution in [3.63, 3.8) is 0 Å². The summed E-state index contributed by atoms with van der Waals surface area (Å²) in [6.07, 6.45) is 1.67. The van der Waals surface area contributed by atoms with Gasteiger partial charge in [0.2, 0.25) is 0 Å². The Morgan fingerprint density at radius 2 is 2.08 bits per heavy atom. The van der Waals surface area contributed by atoms with E-state index < -0.39 is 0 Å². The number of rotatable bonds is 3. The molecule has 7 nitrogen and oxygen atoms in total. The number of benzene rings is 1. The zero-order valence-electron chi connectivity index (χ0n) is 14.6. The second kappa shape index (κ2) is 6.97. The molecule has 1 atom stereocenters. The Balaban J connectivity index is 1.59. The van der Waals surface area contributed by atoms with E-state index in [0.717, 1.165) is 16.4 Å². The molecule has 0 radical (unpaired) electrons. The maximum Gasteiger partial charge on any atom is 0.276 e. The molecule has 8 heteroatoms. The molecule has 3 heterocycles. The summed E-state index contributed by atoms with van der Waals surface area (Å²) in [6.45, 7) is 5.45. The van der Waals surface area contributed by atoms with Crippen LogP contribution in [0.1, 0.15) is 32.8 Å². The van der Waals surface area contributed by atoms with Gasteiger partial charge in [-0.3, -0.25) is 4.79 Å². The highest BCUT2D eigenvalue weighted by molar-refractivity contribution is 7.09. The molecular weight excluding hydrogens is 350 g/mol. The number of carbonyl (C=O) groups excluding carboxylic acids is 1. The number of hydrogen-bond donors (Lipinski definition) is 0. The van der Waals surface area contributed by atoms with Gasteiger partial charge in [0.05, 0.1) is 25.1 Å². The van der Waals surface area contributed by atoms with Crippen LogP contribution in [0.2, 0.25) is 0 Å². The second-order valence-corrected chi connectivity index (χ2v) is 7.19. The van der Waals surface area contributed by atoms with Gasteiger partial charge in [0, 0.05) is 17.6 Å². The first-order chi connectivity index (χ1) is 12.6. The van der Waals surface area contributed by atoms with Crippen molar-refractivity contribution in [1.29, 1.82) is 0 Å². The molecule has 0 N–H and O–H groups in total. The van der Waals surface area contributed by atoms with Gasteiger partial charge in [0.15, 0.2) is 5.69 Å². The summed E-state index contributed by atoms with van der Waals surface area (Å²) in [5.41, 5.74) is 3.32. The average molecular weight is 369 g/mol. The summed E-state index contributed by atoms with van der Waals surface area (Å²) in [4.78, 5) is 19.3. The summed E-state index contributed by atoms with van der Waals surface area (Å²) in [5, 5.41) is 11.1. The highest BCUT2D eigenvalue weighted by Gasteiger charge is 2.32. The van der Waals surface area contributed by atoms with Crippen molar-refractivity contribution in [2.75, 3.05) is 19.8 Å². The Bertz CT molecular complexity index is 918. The van der Waals surface area contributed by atoms with Gasteiger partial charge in [0.25, 0.3) is 5.91 Å². The van der Waals surface area contributed by atoms with Crippen LogP contribution in [-0.4, -0.2) is 50.5 Å². The number of aromatic nitrogens is 4. The van der Waals surface area contributed by atoms with Crippen molar-refractivity contribution in [2.24, 2.45) is 0 Å². The van der Waals surface area contributed by atoms with Gasteiger partial charge < -0.3 is 9.64 Å². The van der Waals surface area contributed by atoms with Crippen molar-refractivity contribution in [2.45, 2.75) is 19.9 Å². The minimum absolute atomic E-state index is 0.149. The minimum atomic E-state index is -0.181. The molecule has 1 aliphatic rings. The van der Waals surface area contributed by atoms with Crippen LogP contribution in [0.5, 0.6) is 0 Å². The van der Waals surface area contributed by atoms with Crippen molar-refractivity contribution in [1.82, 2.24) is 24.9 Å². The lowest BCUT2D eigenvalue weighted by atomic mass is 10.2. The summed E-state index contributed by atoms with van der Waals surface area (Å²) in [7, 11) is 0. The molecule has 1 aromatic carbocycles. The number of morpholine rings is 1. The predicted octanol–water partition coefficient (Wildman–Crippen LogP) is 2.55. The van der Waals surface area contributed by atoms with Crippen LogP contribution in [0.25, 0.3) is 5.69 Å². The maximum absolute atomic E-state index is 13.0. The van der Waals surface area contributed by atoms with E-state index in [1.165, 1.54) is 5.56 Å². The molecule has 0 aliphatic carbocycles. The van der Waals surface area contributed by atoms with Crippen LogP contribution in [0.3, 0.4) is 0 Å². The van der Waals surface area contributed by atoms with Gasteiger partial charge in [-0.2, -0.15) is 0 Å². The lowest BCUT2D eigenvalue weighted by Crippen LogP contribution is -2.43. The third-order valence-corrected chi connectivity index (χ3v) is 5.39. The fraction of sp³-hybridized carbons (Fsp3) is 0.333. The molecule has 4 rings (SSSR count). The van der Waals surface area contributed by atoms with Crippen molar-refractivity contribution in [3.05, 3.63) is 57.8 Å². The third kappa shape index (κ3) is 3.25. The fourth-order valence-corrected chi connectivity index (χ4v) is 3.80. The largest absolute Gasteiger partial charge is 0.377 e. The number of thiazole rings is 1. The van der Waals surface area contributed by atoms with E-state index in [0.29, 0.717) is 25.5 Å². The Labute approximate surface area is 155 Å². The Kier molecular flexibility index (Phi) is 4.52. The molecule has 1 saturated heterocycles. The van der Waals surface area contributed by atoms with Gasteiger partial charge >= 0.3 is 0 Å². The van der Waals surface area contributed by atoms with E-state index in [4.69, 9.17) is 4.74 Å². The Morgan fingerprint density at radius 3 is 2.81 bits per heavy atom. The zero-order valence-corrected chi connectivity index (χ0v) is 15.4. The van der Waals surface area contributed by atoms with Crippen LogP contribution in [0, 0.1) is 13.8 Å². The van der Waals surface area contributed by atoms with Crippen LogP contribution >= 0.6 is 11.3 Å². The summed E-state index contributed by atoms with van der Waals surface area (Å²) in [6, 6.07) is 7.73. The highest BCUT2D eigenvalue weighted by atomic mass is 32.1. The average Bonchev–Trinajstić information content (AvgIpc) is 3.31. The Morgan fingerprint density at radius 1 is 1.27 bits per heavy atom. The number of nitrogens with zero attached hydrogens (tertiary/aromatic N) is 5. The van der Waals surface area contributed by atoms with Gasteiger partial charge in [-0.05, 0) is 26.0 Å². The smallest absolute Gasteiger partial charge is 0.276 e. The van der Waals surface area contributed by atoms with Crippen molar-refractivity contribution in [3.8, 4) is 5.69 Å². The SMILES string of the molecule is Cc1ccc(-n2cc(C(=O)N3CCOCC3c3nc(C)cs3)nn2)cc1. The van der Waals surface area contributed by atoms with E-state index in [2.05, 4.69) is 15.3 Å². The maximum atomic E-state index is 13.0. The minimum Gasteiger partial charge on any atom is -0.377 e. The van der Waals surface area contributed by atoms with Crippen molar-refractivity contribution < 1.29 is 9.53 Å². The number of carbonyl (C=O) groups is 1. The molecule has 0 saturated carbocycles. The third-order valence-electron chi connectivity index (χ3n) is 4.32. The van der Waals surface area contributed by atoms with Gasteiger partial charge in [0.1, 0.15) is 11.0 Å². The van der Waals surface area contributed by atoms with Gasteiger partial charge in [-0.1, -0.05) is 22.9 Å². The standard InChI is InChI=1S/C18H19N5O2S/c1-12-3-5-14(6-4-12)23-9-15(20-21-23)18(24)22-7-8-25-10-16(22)17-19-13(2)11-26-17/h3-6,9,11,16H,7-8,10H2,1-2H3.